The van der Waals surface area contributed by atoms with Gasteiger partial charge in [0.05, 0.1) is 0 Å². The molecule has 0 radical (unpaired) electrons. The zero-order chi connectivity index (χ0) is 14.3. The van der Waals surface area contributed by atoms with Crippen molar-refractivity contribution in [2.75, 3.05) is 23.7 Å². The lowest BCUT2D eigenvalue weighted by molar-refractivity contribution is 0.566. The van der Waals surface area contributed by atoms with Crippen LogP contribution in [0.2, 0.25) is 0 Å². The van der Waals surface area contributed by atoms with E-state index in [0.29, 0.717) is 5.92 Å². The van der Waals surface area contributed by atoms with Gasteiger partial charge >= 0.3 is 0 Å². The average Bonchev–Trinajstić information content (AvgIpc) is 2.34. The van der Waals surface area contributed by atoms with Crippen LogP contribution in [0.15, 0.2) is 6.33 Å². The SMILES string of the molecule is CCNc1ncnc(NCCCC(C)C)c1C(C)C. The topological polar surface area (TPSA) is 49.8 Å². The number of nitrogens with zero attached hydrogens (tertiary/aromatic N) is 2. The van der Waals surface area contributed by atoms with Crippen LogP contribution >= 0.6 is 0 Å². The molecule has 4 nitrogen and oxygen atoms in total. The van der Waals surface area contributed by atoms with Crippen molar-refractivity contribution in [2.45, 2.75) is 53.4 Å². The van der Waals surface area contributed by atoms with Crippen molar-refractivity contribution in [1.29, 1.82) is 0 Å². The fourth-order valence-corrected chi connectivity index (χ4v) is 2.11. The summed E-state index contributed by atoms with van der Waals surface area (Å²) in [6.07, 6.45) is 4.06. The largest absolute Gasteiger partial charge is 0.370 e. The third-order valence-corrected chi connectivity index (χ3v) is 3.06. The zero-order valence-corrected chi connectivity index (χ0v) is 13.0. The van der Waals surface area contributed by atoms with Gasteiger partial charge in [-0.05, 0) is 31.6 Å². The maximum absolute atomic E-state index is 4.40. The highest BCUT2D eigenvalue weighted by molar-refractivity contribution is 5.58. The number of anilines is 2. The fraction of sp³-hybridized carbons (Fsp3) is 0.733. The minimum Gasteiger partial charge on any atom is -0.370 e. The molecule has 1 aromatic rings. The van der Waals surface area contributed by atoms with E-state index in [0.717, 1.165) is 30.6 Å². The molecule has 0 unspecified atom stereocenters. The van der Waals surface area contributed by atoms with Gasteiger partial charge in [0.1, 0.15) is 18.0 Å². The molecule has 0 fully saturated rings. The van der Waals surface area contributed by atoms with Gasteiger partial charge < -0.3 is 10.6 Å². The Morgan fingerprint density at radius 3 is 2.21 bits per heavy atom. The molecule has 0 bridgehead atoms. The van der Waals surface area contributed by atoms with Gasteiger partial charge in [-0.25, -0.2) is 9.97 Å². The Balaban J connectivity index is 2.73. The third-order valence-electron chi connectivity index (χ3n) is 3.06. The van der Waals surface area contributed by atoms with Crippen LogP contribution in [0.4, 0.5) is 11.6 Å². The molecule has 0 aromatic carbocycles. The Kier molecular flexibility index (Phi) is 6.60. The molecule has 108 valence electrons. The molecule has 1 heterocycles. The Bertz CT molecular complexity index is 374. The fourth-order valence-electron chi connectivity index (χ4n) is 2.11. The van der Waals surface area contributed by atoms with Crippen LogP contribution in [0.1, 0.15) is 58.9 Å². The molecule has 0 aliphatic rings. The second-order valence-electron chi connectivity index (χ2n) is 5.63. The van der Waals surface area contributed by atoms with Crippen LogP contribution in [0, 0.1) is 5.92 Å². The van der Waals surface area contributed by atoms with E-state index >= 15 is 0 Å². The first-order valence-electron chi connectivity index (χ1n) is 7.38. The Morgan fingerprint density at radius 1 is 1.05 bits per heavy atom. The van der Waals surface area contributed by atoms with Crippen molar-refractivity contribution in [2.24, 2.45) is 5.92 Å². The summed E-state index contributed by atoms with van der Waals surface area (Å²) in [7, 11) is 0. The van der Waals surface area contributed by atoms with E-state index in [2.05, 4.69) is 55.2 Å². The van der Waals surface area contributed by atoms with Gasteiger partial charge in [0.25, 0.3) is 0 Å². The van der Waals surface area contributed by atoms with Gasteiger partial charge in [0, 0.05) is 18.7 Å². The van der Waals surface area contributed by atoms with Crippen molar-refractivity contribution in [3.05, 3.63) is 11.9 Å². The minimum atomic E-state index is 0.405. The lowest BCUT2D eigenvalue weighted by atomic mass is 10.0. The van der Waals surface area contributed by atoms with Gasteiger partial charge in [-0.3, -0.25) is 0 Å². The molecule has 0 amide bonds. The van der Waals surface area contributed by atoms with Crippen molar-refractivity contribution in [3.63, 3.8) is 0 Å². The monoisotopic (exact) mass is 264 g/mol. The zero-order valence-electron chi connectivity index (χ0n) is 13.0. The highest BCUT2D eigenvalue weighted by Gasteiger charge is 2.14. The predicted octanol–water partition coefficient (Wildman–Crippen LogP) is 3.88. The molecule has 0 saturated carbocycles. The molecule has 0 saturated heterocycles. The predicted molar refractivity (Wildman–Crippen MR) is 82.8 cm³/mol. The van der Waals surface area contributed by atoms with Crippen molar-refractivity contribution < 1.29 is 0 Å². The molecule has 4 heteroatoms. The Hall–Kier alpha value is -1.32. The lowest BCUT2D eigenvalue weighted by Gasteiger charge is -2.17. The number of aromatic nitrogens is 2. The lowest BCUT2D eigenvalue weighted by Crippen LogP contribution is -2.12. The van der Waals surface area contributed by atoms with Gasteiger partial charge in [-0.1, -0.05) is 27.7 Å². The van der Waals surface area contributed by atoms with E-state index in [-0.39, 0.29) is 0 Å². The first kappa shape index (κ1) is 15.7. The van der Waals surface area contributed by atoms with E-state index in [1.807, 2.05) is 0 Å². The molecular formula is C15H28N4. The number of rotatable bonds is 8. The van der Waals surface area contributed by atoms with Crippen molar-refractivity contribution in [3.8, 4) is 0 Å². The third kappa shape index (κ3) is 5.05. The Labute approximate surface area is 117 Å². The summed E-state index contributed by atoms with van der Waals surface area (Å²) >= 11 is 0. The molecule has 1 rings (SSSR count). The molecule has 2 N–H and O–H groups in total. The van der Waals surface area contributed by atoms with Gasteiger partial charge in [0.2, 0.25) is 0 Å². The summed E-state index contributed by atoms with van der Waals surface area (Å²) in [5.41, 5.74) is 1.19. The van der Waals surface area contributed by atoms with E-state index in [4.69, 9.17) is 0 Å². The second kappa shape index (κ2) is 7.97. The maximum Gasteiger partial charge on any atom is 0.134 e. The van der Waals surface area contributed by atoms with E-state index in [1.54, 1.807) is 6.33 Å². The van der Waals surface area contributed by atoms with Crippen LogP contribution in [-0.4, -0.2) is 23.1 Å². The van der Waals surface area contributed by atoms with Crippen LogP contribution in [0.25, 0.3) is 0 Å². The molecule has 19 heavy (non-hydrogen) atoms. The number of nitrogens with one attached hydrogen (secondary N) is 2. The van der Waals surface area contributed by atoms with E-state index in [9.17, 15) is 0 Å². The van der Waals surface area contributed by atoms with Crippen molar-refractivity contribution >= 4 is 11.6 Å². The molecular weight excluding hydrogens is 236 g/mol. The average molecular weight is 264 g/mol. The van der Waals surface area contributed by atoms with Crippen LogP contribution in [0.5, 0.6) is 0 Å². The normalized spacial score (nSPS) is 11.1. The van der Waals surface area contributed by atoms with E-state index in [1.165, 1.54) is 18.4 Å². The summed E-state index contributed by atoms with van der Waals surface area (Å²) in [5, 5.41) is 6.77. The minimum absolute atomic E-state index is 0.405. The number of hydrogen-bond donors (Lipinski definition) is 2. The summed E-state index contributed by atoms with van der Waals surface area (Å²) in [6.45, 7) is 12.8. The first-order chi connectivity index (χ1) is 9.06. The Morgan fingerprint density at radius 2 is 1.68 bits per heavy atom. The van der Waals surface area contributed by atoms with Crippen LogP contribution < -0.4 is 10.6 Å². The quantitative estimate of drug-likeness (QED) is 0.700. The molecule has 1 aromatic heterocycles. The number of hydrogen-bond acceptors (Lipinski definition) is 4. The summed E-state index contributed by atoms with van der Waals surface area (Å²) in [5.74, 6) is 3.10. The maximum atomic E-state index is 4.40. The van der Waals surface area contributed by atoms with E-state index < -0.39 is 0 Å². The van der Waals surface area contributed by atoms with Gasteiger partial charge in [-0.2, -0.15) is 0 Å². The van der Waals surface area contributed by atoms with Crippen molar-refractivity contribution in [1.82, 2.24) is 9.97 Å². The summed E-state index contributed by atoms with van der Waals surface area (Å²) in [4.78, 5) is 8.74. The molecule has 0 spiro atoms. The molecule has 0 atom stereocenters. The highest BCUT2D eigenvalue weighted by atomic mass is 15.1. The van der Waals surface area contributed by atoms with Gasteiger partial charge in [0.15, 0.2) is 0 Å². The summed E-state index contributed by atoms with van der Waals surface area (Å²) in [6, 6.07) is 0. The smallest absolute Gasteiger partial charge is 0.134 e. The molecule has 0 aliphatic carbocycles. The standard InChI is InChI=1S/C15H28N4/c1-6-16-14-13(12(4)5)15(19-10-18-14)17-9-7-8-11(2)3/h10-12H,6-9H2,1-5H3,(H2,16,17,18,19). The molecule has 0 aliphatic heterocycles. The highest BCUT2D eigenvalue weighted by Crippen LogP contribution is 2.28. The van der Waals surface area contributed by atoms with Crippen LogP contribution in [-0.2, 0) is 0 Å². The second-order valence-corrected chi connectivity index (χ2v) is 5.63. The van der Waals surface area contributed by atoms with Crippen LogP contribution in [0.3, 0.4) is 0 Å². The first-order valence-corrected chi connectivity index (χ1v) is 7.38. The van der Waals surface area contributed by atoms with Gasteiger partial charge in [-0.15, -0.1) is 0 Å². The summed E-state index contributed by atoms with van der Waals surface area (Å²) < 4.78 is 0.